The second-order valence-electron chi connectivity index (χ2n) is 3.28. The summed E-state index contributed by atoms with van der Waals surface area (Å²) in [5.74, 6) is 0. The minimum atomic E-state index is -0.0134. The van der Waals surface area contributed by atoms with Crippen molar-refractivity contribution in [3.63, 3.8) is 0 Å². The number of nitrogens with zero attached hydrogens (tertiary/aromatic N) is 2. The predicted octanol–water partition coefficient (Wildman–Crippen LogP) is 2.15. The number of rotatable bonds is 3. The number of nitrogens with two attached hydrogens (primary N) is 1. The molecule has 0 saturated carbocycles. The molecule has 0 aliphatic carbocycles. The van der Waals surface area contributed by atoms with Crippen molar-refractivity contribution >= 4 is 15.9 Å². The Bertz CT molecular complexity index is 317. The molecule has 0 spiro atoms. The molecule has 0 bridgehead atoms. The van der Waals surface area contributed by atoms with Gasteiger partial charge in [0.25, 0.3) is 0 Å². The van der Waals surface area contributed by atoms with Crippen molar-refractivity contribution in [3.8, 4) is 0 Å². The molecule has 4 heteroatoms. The van der Waals surface area contributed by atoms with E-state index >= 15 is 0 Å². The van der Waals surface area contributed by atoms with Crippen LogP contribution >= 0.6 is 15.9 Å². The molecule has 0 saturated heterocycles. The van der Waals surface area contributed by atoms with Crippen molar-refractivity contribution in [2.75, 3.05) is 0 Å². The molecule has 1 heterocycles. The maximum atomic E-state index is 5.97. The fraction of sp³-hybridized carbons (Fsp3) is 0.444. The number of aromatic nitrogens is 2. The number of hydrogen-bond donors (Lipinski definition) is 1. The predicted molar refractivity (Wildman–Crippen MR) is 57.3 cm³/mol. The van der Waals surface area contributed by atoms with Crippen molar-refractivity contribution < 1.29 is 0 Å². The van der Waals surface area contributed by atoms with E-state index in [9.17, 15) is 0 Å². The summed E-state index contributed by atoms with van der Waals surface area (Å²) < 4.78 is 2.70. The van der Waals surface area contributed by atoms with E-state index in [2.05, 4.69) is 27.6 Å². The maximum absolute atomic E-state index is 5.97. The van der Waals surface area contributed by atoms with E-state index in [1.807, 2.05) is 14.0 Å². The van der Waals surface area contributed by atoms with Gasteiger partial charge in [-0.2, -0.15) is 5.10 Å². The second kappa shape index (κ2) is 4.07. The Balaban J connectivity index is 2.82. The monoisotopic (exact) mass is 243 g/mol. The molecule has 13 heavy (non-hydrogen) atoms. The first-order chi connectivity index (χ1) is 6.02. The Hall–Kier alpha value is -0.610. The molecule has 1 unspecified atom stereocenters. The van der Waals surface area contributed by atoms with Crippen molar-refractivity contribution in [2.45, 2.75) is 19.4 Å². The van der Waals surface area contributed by atoms with E-state index in [4.69, 9.17) is 5.73 Å². The third-order valence-corrected chi connectivity index (χ3v) is 2.83. The lowest BCUT2D eigenvalue weighted by Crippen LogP contribution is -2.10. The first-order valence-electron chi connectivity index (χ1n) is 4.09. The smallest absolute Gasteiger partial charge is 0.108 e. The van der Waals surface area contributed by atoms with Crippen LogP contribution in [0.2, 0.25) is 0 Å². The van der Waals surface area contributed by atoms with Crippen LogP contribution in [-0.4, -0.2) is 9.78 Å². The molecule has 0 radical (unpaired) electrons. The van der Waals surface area contributed by atoms with Crippen molar-refractivity contribution in [3.05, 3.63) is 28.5 Å². The average Bonchev–Trinajstić information content (AvgIpc) is 2.31. The fourth-order valence-electron chi connectivity index (χ4n) is 1.17. The molecule has 3 nitrogen and oxygen atoms in total. The summed E-state index contributed by atoms with van der Waals surface area (Å²) in [4.78, 5) is 0. The molecule has 0 aromatic carbocycles. The topological polar surface area (TPSA) is 43.8 Å². The van der Waals surface area contributed by atoms with E-state index < -0.39 is 0 Å². The van der Waals surface area contributed by atoms with E-state index in [-0.39, 0.29) is 6.04 Å². The number of hydrogen-bond acceptors (Lipinski definition) is 2. The summed E-state index contributed by atoms with van der Waals surface area (Å²) in [6.07, 6.45) is 2.59. The van der Waals surface area contributed by atoms with Gasteiger partial charge < -0.3 is 5.73 Å². The largest absolute Gasteiger partial charge is 0.324 e. The zero-order chi connectivity index (χ0) is 10.0. The molecular formula is C9H14BrN3. The van der Waals surface area contributed by atoms with Crippen LogP contribution in [0.1, 0.15) is 24.9 Å². The quantitative estimate of drug-likeness (QED) is 0.828. The summed E-state index contributed by atoms with van der Waals surface area (Å²) in [5, 5.41) is 4.10. The van der Waals surface area contributed by atoms with Gasteiger partial charge in [0.05, 0.1) is 6.20 Å². The lowest BCUT2D eigenvalue weighted by Gasteiger charge is -2.09. The van der Waals surface area contributed by atoms with Crippen LogP contribution in [0.15, 0.2) is 23.0 Å². The molecule has 0 aliphatic heterocycles. The molecule has 0 amide bonds. The van der Waals surface area contributed by atoms with Gasteiger partial charge in [-0.3, -0.25) is 4.68 Å². The highest BCUT2D eigenvalue weighted by molar-refractivity contribution is 9.10. The molecular weight excluding hydrogens is 230 g/mol. The van der Waals surface area contributed by atoms with Gasteiger partial charge in [0.1, 0.15) is 4.60 Å². The van der Waals surface area contributed by atoms with Gasteiger partial charge in [-0.1, -0.05) is 5.57 Å². The Morgan fingerprint density at radius 1 is 1.85 bits per heavy atom. The zero-order valence-electron chi connectivity index (χ0n) is 7.92. The lowest BCUT2D eigenvalue weighted by atomic mass is 10.1. The molecule has 2 N–H and O–H groups in total. The normalized spacial score (nSPS) is 12.9. The molecule has 0 fully saturated rings. The van der Waals surface area contributed by atoms with Crippen LogP contribution in [0.4, 0.5) is 0 Å². The van der Waals surface area contributed by atoms with Crippen molar-refractivity contribution in [1.29, 1.82) is 0 Å². The van der Waals surface area contributed by atoms with Gasteiger partial charge in [0.15, 0.2) is 0 Å². The van der Waals surface area contributed by atoms with Crippen LogP contribution < -0.4 is 5.73 Å². The first kappa shape index (κ1) is 10.5. The molecule has 1 atom stereocenters. The number of aryl methyl sites for hydroxylation is 1. The summed E-state index contributed by atoms with van der Waals surface area (Å²) in [7, 11) is 1.88. The minimum absolute atomic E-state index is 0.0134. The Morgan fingerprint density at radius 2 is 2.46 bits per heavy atom. The Kier molecular flexibility index (Phi) is 3.27. The summed E-state index contributed by atoms with van der Waals surface area (Å²) in [6.45, 7) is 5.81. The van der Waals surface area contributed by atoms with Crippen molar-refractivity contribution in [1.82, 2.24) is 9.78 Å². The highest BCUT2D eigenvalue weighted by Crippen LogP contribution is 2.24. The first-order valence-corrected chi connectivity index (χ1v) is 4.89. The van der Waals surface area contributed by atoms with E-state index in [1.165, 1.54) is 0 Å². The Labute approximate surface area is 86.7 Å². The van der Waals surface area contributed by atoms with E-state index in [0.29, 0.717) is 0 Å². The van der Waals surface area contributed by atoms with Gasteiger partial charge in [-0.15, -0.1) is 6.58 Å². The number of halogens is 1. The van der Waals surface area contributed by atoms with Gasteiger partial charge in [-0.05, 0) is 29.3 Å². The average molecular weight is 244 g/mol. The maximum Gasteiger partial charge on any atom is 0.108 e. The summed E-state index contributed by atoms with van der Waals surface area (Å²) in [6, 6.07) is -0.0134. The standard InChI is InChI=1S/C9H14BrN3/c1-6(2)4-8(11)7-5-12-13(3)9(7)10/h5,8H,1,4,11H2,2-3H3. The molecule has 72 valence electrons. The minimum Gasteiger partial charge on any atom is -0.324 e. The highest BCUT2D eigenvalue weighted by Gasteiger charge is 2.13. The fourth-order valence-corrected chi connectivity index (χ4v) is 1.66. The molecule has 1 aromatic heterocycles. The molecule has 1 rings (SSSR count). The van der Waals surface area contributed by atoms with E-state index in [1.54, 1.807) is 10.9 Å². The van der Waals surface area contributed by atoms with Gasteiger partial charge >= 0.3 is 0 Å². The van der Waals surface area contributed by atoms with E-state index in [0.717, 1.165) is 22.2 Å². The van der Waals surface area contributed by atoms with Crippen molar-refractivity contribution in [2.24, 2.45) is 12.8 Å². The van der Waals surface area contributed by atoms with Crippen LogP contribution in [0.3, 0.4) is 0 Å². The van der Waals surface area contributed by atoms with Crippen LogP contribution in [0.5, 0.6) is 0 Å². The van der Waals surface area contributed by atoms with Crippen LogP contribution in [-0.2, 0) is 7.05 Å². The third-order valence-electron chi connectivity index (χ3n) is 1.86. The van der Waals surface area contributed by atoms with Gasteiger partial charge in [0, 0.05) is 18.7 Å². The zero-order valence-corrected chi connectivity index (χ0v) is 9.50. The molecule has 0 aliphatic rings. The van der Waals surface area contributed by atoms with Gasteiger partial charge in [0.2, 0.25) is 0 Å². The summed E-state index contributed by atoms with van der Waals surface area (Å²) in [5.41, 5.74) is 8.09. The SMILES string of the molecule is C=C(C)CC(N)c1cnn(C)c1Br. The second-order valence-corrected chi connectivity index (χ2v) is 4.03. The van der Waals surface area contributed by atoms with Crippen LogP contribution in [0.25, 0.3) is 0 Å². The highest BCUT2D eigenvalue weighted by atomic mass is 79.9. The summed E-state index contributed by atoms with van der Waals surface area (Å²) >= 11 is 3.43. The Morgan fingerprint density at radius 3 is 2.85 bits per heavy atom. The van der Waals surface area contributed by atoms with Crippen LogP contribution in [0, 0.1) is 0 Å². The third kappa shape index (κ3) is 2.42. The molecule has 1 aromatic rings. The van der Waals surface area contributed by atoms with Gasteiger partial charge in [-0.25, -0.2) is 0 Å². The lowest BCUT2D eigenvalue weighted by molar-refractivity contribution is 0.703.